The molecule has 98 valence electrons. The third-order valence-electron chi connectivity index (χ3n) is 5.04. The molecule has 2 bridgehead atoms. The zero-order chi connectivity index (χ0) is 12.0. The number of rotatable bonds is 1. The van der Waals surface area contributed by atoms with Crippen molar-refractivity contribution >= 4 is 0 Å². The minimum absolute atomic E-state index is 0.413. The molecule has 5 atom stereocenters. The Morgan fingerprint density at radius 1 is 0.882 bits per heavy atom. The topological polar surface area (TPSA) is 15.7 Å². The van der Waals surface area contributed by atoms with Gasteiger partial charge < -0.3 is 9.64 Å². The second-order valence-electron chi connectivity index (χ2n) is 6.39. The van der Waals surface area contributed by atoms with E-state index < -0.39 is 0 Å². The van der Waals surface area contributed by atoms with Gasteiger partial charge in [-0.3, -0.25) is 4.90 Å². The van der Waals surface area contributed by atoms with Gasteiger partial charge in [0.15, 0.2) is 0 Å². The van der Waals surface area contributed by atoms with E-state index in [0.29, 0.717) is 12.2 Å². The smallest absolute Gasteiger partial charge is 0.0678 e. The molecular weight excluding hydrogens is 212 g/mol. The van der Waals surface area contributed by atoms with Crippen LogP contribution < -0.4 is 0 Å². The molecule has 3 heterocycles. The summed E-state index contributed by atoms with van der Waals surface area (Å²) in [6.45, 7) is 6.70. The van der Waals surface area contributed by atoms with Crippen molar-refractivity contribution in [1.29, 1.82) is 0 Å². The largest absolute Gasteiger partial charge is 0.373 e. The fourth-order valence-electron chi connectivity index (χ4n) is 4.20. The number of hydrogen-bond acceptors (Lipinski definition) is 3. The van der Waals surface area contributed by atoms with Crippen molar-refractivity contribution in [3.05, 3.63) is 0 Å². The second-order valence-corrected chi connectivity index (χ2v) is 6.39. The number of fused-ring (bicyclic) bond motifs is 2. The number of hydrogen-bond donors (Lipinski definition) is 0. The van der Waals surface area contributed by atoms with Gasteiger partial charge >= 0.3 is 0 Å². The minimum Gasteiger partial charge on any atom is -0.373 e. The molecule has 0 saturated carbocycles. The molecular formula is C14H26N2O. The van der Waals surface area contributed by atoms with Crippen LogP contribution in [0.2, 0.25) is 0 Å². The van der Waals surface area contributed by atoms with Crippen molar-refractivity contribution in [2.45, 2.75) is 69.9 Å². The maximum Gasteiger partial charge on any atom is 0.0678 e. The minimum atomic E-state index is 0.413. The molecule has 0 aromatic rings. The zero-order valence-corrected chi connectivity index (χ0v) is 11.4. The molecule has 0 aromatic carbocycles. The summed E-state index contributed by atoms with van der Waals surface area (Å²) in [6, 6.07) is 2.52. The lowest BCUT2D eigenvalue weighted by molar-refractivity contribution is -0.0897. The van der Waals surface area contributed by atoms with Gasteiger partial charge in [-0.05, 0) is 46.6 Å². The zero-order valence-electron chi connectivity index (χ0n) is 11.4. The Kier molecular flexibility index (Phi) is 3.18. The van der Waals surface area contributed by atoms with E-state index in [0.717, 1.165) is 31.2 Å². The molecule has 3 saturated heterocycles. The predicted octanol–water partition coefficient (Wildman–Crippen LogP) is 1.72. The average molecular weight is 238 g/mol. The third kappa shape index (κ3) is 2.25. The van der Waals surface area contributed by atoms with Crippen molar-refractivity contribution < 1.29 is 4.74 Å². The van der Waals surface area contributed by atoms with Crippen LogP contribution in [0.25, 0.3) is 0 Å². The van der Waals surface area contributed by atoms with E-state index in [1.807, 2.05) is 0 Å². The Labute approximate surface area is 105 Å². The Bertz CT molecular complexity index is 259. The third-order valence-corrected chi connectivity index (χ3v) is 5.04. The molecule has 0 N–H and O–H groups in total. The Hall–Kier alpha value is -0.120. The second kappa shape index (κ2) is 4.52. The molecule has 3 rings (SSSR count). The fraction of sp³-hybridized carbons (Fsp3) is 1.00. The fourth-order valence-corrected chi connectivity index (χ4v) is 4.20. The molecule has 0 amide bonds. The Morgan fingerprint density at radius 3 is 1.94 bits per heavy atom. The summed E-state index contributed by atoms with van der Waals surface area (Å²) in [7, 11) is 2.32. The first-order valence-corrected chi connectivity index (χ1v) is 7.25. The summed E-state index contributed by atoms with van der Waals surface area (Å²) in [5.41, 5.74) is 0. The molecule has 3 aliphatic heterocycles. The van der Waals surface area contributed by atoms with Gasteiger partial charge in [0.1, 0.15) is 0 Å². The molecule has 3 aliphatic rings. The van der Waals surface area contributed by atoms with Gasteiger partial charge in [-0.25, -0.2) is 0 Å². The van der Waals surface area contributed by atoms with Gasteiger partial charge in [-0.1, -0.05) is 0 Å². The van der Waals surface area contributed by atoms with E-state index in [9.17, 15) is 0 Å². The molecule has 4 unspecified atom stereocenters. The normalized spacial score (nSPS) is 48.5. The summed E-state index contributed by atoms with van der Waals surface area (Å²) >= 11 is 0. The van der Waals surface area contributed by atoms with E-state index in [-0.39, 0.29) is 0 Å². The van der Waals surface area contributed by atoms with Crippen LogP contribution in [0.1, 0.15) is 39.5 Å². The van der Waals surface area contributed by atoms with Crippen molar-refractivity contribution in [3.63, 3.8) is 0 Å². The number of ether oxygens (including phenoxy) is 1. The van der Waals surface area contributed by atoms with Crippen LogP contribution in [0.4, 0.5) is 0 Å². The maximum atomic E-state index is 5.85. The highest BCUT2D eigenvalue weighted by atomic mass is 16.5. The monoisotopic (exact) mass is 238 g/mol. The number of nitrogens with zero attached hydrogens (tertiary/aromatic N) is 2. The highest BCUT2D eigenvalue weighted by molar-refractivity contribution is 4.97. The summed E-state index contributed by atoms with van der Waals surface area (Å²) in [5.74, 6) is 0. The quantitative estimate of drug-likeness (QED) is 0.692. The lowest BCUT2D eigenvalue weighted by Crippen LogP contribution is -2.55. The molecule has 0 spiro atoms. The average Bonchev–Trinajstić information content (AvgIpc) is 2.51. The van der Waals surface area contributed by atoms with E-state index in [4.69, 9.17) is 4.74 Å². The molecule has 17 heavy (non-hydrogen) atoms. The molecule has 0 aromatic heterocycles. The standard InChI is InChI=1S/C14H26N2O/c1-10-8-16(9-11(2)17-10)14-6-12-4-5-13(7-14)15(12)3/h10-14H,4-9H2,1-3H3/t10?,11?,12-,13?,14?/m1/s1. The predicted molar refractivity (Wildman–Crippen MR) is 69.2 cm³/mol. The van der Waals surface area contributed by atoms with Crippen molar-refractivity contribution in [1.82, 2.24) is 9.80 Å². The molecule has 0 aliphatic carbocycles. The first-order valence-electron chi connectivity index (χ1n) is 7.25. The number of piperidine rings is 1. The van der Waals surface area contributed by atoms with Crippen LogP contribution in [-0.2, 0) is 4.74 Å². The van der Waals surface area contributed by atoms with Gasteiger partial charge in [0.05, 0.1) is 12.2 Å². The van der Waals surface area contributed by atoms with Crippen LogP contribution in [0.5, 0.6) is 0 Å². The van der Waals surface area contributed by atoms with Crippen LogP contribution in [0.3, 0.4) is 0 Å². The molecule has 3 nitrogen and oxygen atoms in total. The first-order chi connectivity index (χ1) is 8.13. The maximum absolute atomic E-state index is 5.85. The summed E-state index contributed by atoms with van der Waals surface area (Å²) in [6.07, 6.45) is 6.44. The highest BCUT2D eigenvalue weighted by Gasteiger charge is 2.41. The number of morpholine rings is 1. The van der Waals surface area contributed by atoms with Crippen molar-refractivity contribution in [2.75, 3.05) is 20.1 Å². The van der Waals surface area contributed by atoms with E-state index >= 15 is 0 Å². The van der Waals surface area contributed by atoms with Crippen LogP contribution in [0, 0.1) is 0 Å². The van der Waals surface area contributed by atoms with Crippen LogP contribution in [-0.4, -0.2) is 60.3 Å². The molecule has 3 heteroatoms. The van der Waals surface area contributed by atoms with Crippen LogP contribution >= 0.6 is 0 Å². The van der Waals surface area contributed by atoms with Gasteiger partial charge in [0.2, 0.25) is 0 Å². The molecule has 0 radical (unpaired) electrons. The van der Waals surface area contributed by atoms with Crippen molar-refractivity contribution in [3.8, 4) is 0 Å². The van der Waals surface area contributed by atoms with Gasteiger partial charge in [0, 0.05) is 31.2 Å². The summed E-state index contributed by atoms with van der Waals surface area (Å²) in [4.78, 5) is 5.33. The SMILES string of the molecule is CC1CN(C2CC3CC[C@H](C2)N3C)CC(C)O1. The van der Waals surface area contributed by atoms with Crippen molar-refractivity contribution in [2.24, 2.45) is 0 Å². The Balaban J connectivity index is 1.65. The van der Waals surface area contributed by atoms with E-state index in [1.54, 1.807) is 0 Å². The van der Waals surface area contributed by atoms with E-state index in [2.05, 4.69) is 30.7 Å². The Morgan fingerprint density at radius 2 is 1.41 bits per heavy atom. The molecule has 3 fully saturated rings. The van der Waals surface area contributed by atoms with Gasteiger partial charge in [-0.2, -0.15) is 0 Å². The first kappa shape index (κ1) is 11.9. The lowest BCUT2D eigenvalue weighted by atomic mass is 9.95. The van der Waals surface area contributed by atoms with Gasteiger partial charge in [-0.15, -0.1) is 0 Å². The van der Waals surface area contributed by atoms with Gasteiger partial charge in [0.25, 0.3) is 0 Å². The highest BCUT2D eigenvalue weighted by Crippen LogP contribution is 2.36. The van der Waals surface area contributed by atoms with E-state index in [1.165, 1.54) is 25.7 Å². The lowest BCUT2D eigenvalue weighted by Gasteiger charge is -2.45. The summed E-state index contributed by atoms with van der Waals surface area (Å²) in [5, 5.41) is 0. The summed E-state index contributed by atoms with van der Waals surface area (Å²) < 4.78 is 5.85. The van der Waals surface area contributed by atoms with Crippen LogP contribution in [0.15, 0.2) is 0 Å².